The number of benzene rings is 1. The van der Waals surface area contributed by atoms with E-state index in [1.807, 2.05) is 39.8 Å². The van der Waals surface area contributed by atoms with Crippen LogP contribution in [0, 0.1) is 24.7 Å². The van der Waals surface area contributed by atoms with E-state index in [0.29, 0.717) is 56.9 Å². The molecule has 2 saturated heterocycles. The lowest BCUT2D eigenvalue weighted by atomic mass is 9.99. The zero-order valence-corrected chi connectivity index (χ0v) is 27.3. The number of hydrogen-bond acceptors (Lipinski definition) is 7. The monoisotopic (exact) mass is 651 g/mol. The molecular formula is C35H40F3N5O4. The maximum Gasteiger partial charge on any atom is 0.433 e. The number of nitrogens with zero attached hydrogens (tertiary/aromatic N) is 4. The van der Waals surface area contributed by atoms with Crippen LogP contribution in [0.5, 0.6) is 0 Å². The normalized spacial score (nSPS) is 17.6. The van der Waals surface area contributed by atoms with Gasteiger partial charge in [0.25, 0.3) is 5.91 Å². The summed E-state index contributed by atoms with van der Waals surface area (Å²) in [6.45, 7) is 15.4. The van der Waals surface area contributed by atoms with Gasteiger partial charge in [0.15, 0.2) is 0 Å². The van der Waals surface area contributed by atoms with E-state index in [2.05, 4.69) is 33.8 Å². The maximum absolute atomic E-state index is 13.2. The number of pyridine rings is 1. The van der Waals surface area contributed by atoms with E-state index < -0.39 is 23.4 Å². The van der Waals surface area contributed by atoms with Crippen molar-refractivity contribution in [3.8, 4) is 23.0 Å². The van der Waals surface area contributed by atoms with Crippen molar-refractivity contribution in [2.24, 2.45) is 10.9 Å². The molecule has 250 valence electrons. The molecule has 2 aliphatic rings. The van der Waals surface area contributed by atoms with Crippen molar-refractivity contribution in [3.63, 3.8) is 0 Å². The Kier molecular flexibility index (Phi) is 11.1. The van der Waals surface area contributed by atoms with E-state index in [4.69, 9.17) is 14.5 Å². The van der Waals surface area contributed by atoms with Gasteiger partial charge in [0.2, 0.25) is 0 Å². The molecule has 1 unspecified atom stereocenters. The molecule has 47 heavy (non-hydrogen) atoms. The van der Waals surface area contributed by atoms with Crippen molar-refractivity contribution in [3.05, 3.63) is 65.1 Å². The number of alkyl halides is 3. The number of ether oxygens (including phenoxy) is 2. The zero-order chi connectivity index (χ0) is 34.4. The fourth-order valence-electron chi connectivity index (χ4n) is 5.14. The highest BCUT2D eigenvalue weighted by atomic mass is 19.4. The van der Waals surface area contributed by atoms with Crippen LogP contribution in [0.15, 0.2) is 58.9 Å². The summed E-state index contributed by atoms with van der Waals surface area (Å²) in [5.74, 6) is 5.83. The molecule has 0 spiro atoms. The van der Waals surface area contributed by atoms with Crippen molar-refractivity contribution >= 4 is 30.1 Å². The number of allylic oxidation sites excluding steroid dienone is 2. The van der Waals surface area contributed by atoms with E-state index in [1.165, 1.54) is 13.0 Å². The van der Waals surface area contributed by atoms with Gasteiger partial charge in [0.05, 0.1) is 18.9 Å². The van der Waals surface area contributed by atoms with Gasteiger partial charge in [-0.3, -0.25) is 9.79 Å². The minimum absolute atomic E-state index is 0.0181. The molecule has 2 aromatic rings. The molecule has 0 saturated carbocycles. The molecule has 2 aliphatic heterocycles. The lowest BCUT2D eigenvalue weighted by Gasteiger charge is -2.29. The molecule has 0 aliphatic carbocycles. The number of halogens is 3. The van der Waals surface area contributed by atoms with Gasteiger partial charge in [-0.1, -0.05) is 18.1 Å². The second kappa shape index (κ2) is 14.9. The first kappa shape index (κ1) is 35.2. The molecule has 1 N–H and O–H groups in total. The Balaban J connectivity index is 1.60. The van der Waals surface area contributed by atoms with Crippen LogP contribution in [0.1, 0.15) is 45.4 Å². The number of carbonyl (C=O) groups excluding carboxylic acids is 2. The second-order valence-corrected chi connectivity index (χ2v) is 12.3. The molecule has 3 heterocycles. The lowest BCUT2D eigenvalue weighted by molar-refractivity contribution is -0.112. The number of likely N-dealkylation sites (tertiary alicyclic amines) is 1. The fraction of sp³-hybridized carbons (Fsp3) is 0.429. The number of hydrogen-bond donors (Lipinski definition) is 1. The van der Waals surface area contributed by atoms with E-state index in [-0.39, 0.29) is 17.6 Å². The molecule has 0 bridgehead atoms. The van der Waals surface area contributed by atoms with Gasteiger partial charge in [-0.2, -0.15) is 13.2 Å². The van der Waals surface area contributed by atoms with Crippen molar-refractivity contribution in [2.45, 2.75) is 52.8 Å². The Morgan fingerprint density at radius 1 is 1.17 bits per heavy atom. The lowest BCUT2D eigenvalue weighted by Crippen LogP contribution is -2.36. The van der Waals surface area contributed by atoms with E-state index in [9.17, 15) is 22.8 Å². The van der Waals surface area contributed by atoms with Gasteiger partial charge >= 0.3 is 12.3 Å². The Bertz CT molecular complexity index is 1630. The summed E-state index contributed by atoms with van der Waals surface area (Å²) in [6, 6.07) is 7.27. The highest BCUT2D eigenvalue weighted by Gasteiger charge is 2.34. The van der Waals surface area contributed by atoms with Gasteiger partial charge < -0.3 is 24.6 Å². The van der Waals surface area contributed by atoms with Crippen molar-refractivity contribution in [1.82, 2.24) is 9.88 Å². The Hall–Kier alpha value is -4.63. The van der Waals surface area contributed by atoms with Crippen LogP contribution >= 0.6 is 0 Å². The highest BCUT2D eigenvalue weighted by molar-refractivity contribution is 6.06. The van der Waals surface area contributed by atoms with Crippen molar-refractivity contribution < 1.29 is 32.2 Å². The maximum atomic E-state index is 13.2. The van der Waals surface area contributed by atoms with Crippen molar-refractivity contribution in [1.29, 1.82) is 0 Å². The quantitative estimate of drug-likeness (QED) is 0.165. The highest BCUT2D eigenvalue weighted by Crippen LogP contribution is 2.32. The Morgan fingerprint density at radius 2 is 1.89 bits per heavy atom. The van der Waals surface area contributed by atoms with E-state index in [0.717, 1.165) is 28.8 Å². The molecular weight excluding hydrogens is 611 g/mol. The van der Waals surface area contributed by atoms with Crippen LogP contribution in [0.3, 0.4) is 0 Å². The fourth-order valence-corrected chi connectivity index (χ4v) is 5.14. The number of carbonyl (C=O) groups is 2. The average molecular weight is 652 g/mol. The van der Waals surface area contributed by atoms with E-state index in [1.54, 1.807) is 23.2 Å². The summed E-state index contributed by atoms with van der Waals surface area (Å²) < 4.78 is 50.7. The first-order valence-corrected chi connectivity index (χ1v) is 15.3. The van der Waals surface area contributed by atoms with Gasteiger partial charge in [-0.05, 0) is 89.1 Å². The number of nitrogens with one attached hydrogen (secondary N) is 1. The number of rotatable bonds is 6. The van der Waals surface area contributed by atoms with Crippen LogP contribution in [0.2, 0.25) is 0 Å². The van der Waals surface area contributed by atoms with Gasteiger partial charge in [0.1, 0.15) is 17.0 Å². The molecule has 1 atom stereocenters. The number of anilines is 2. The molecule has 1 aromatic carbocycles. The molecule has 2 amide bonds. The number of aryl methyl sites for hydroxylation is 1. The summed E-state index contributed by atoms with van der Waals surface area (Å²) in [4.78, 5) is 37.1. The van der Waals surface area contributed by atoms with Crippen LogP contribution in [-0.4, -0.2) is 79.8 Å². The summed E-state index contributed by atoms with van der Waals surface area (Å²) in [5, 5.41) is 2.69. The van der Waals surface area contributed by atoms with Gasteiger partial charge in [-0.15, -0.1) is 0 Å². The smallest absolute Gasteiger partial charge is 0.433 e. The van der Waals surface area contributed by atoms with Crippen LogP contribution in [-0.2, 0) is 14.3 Å². The zero-order valence-electron chi connectivity index (χ0n) is 27.3. The van der Waals surface area contributed by atoms with Gasteiger partial charge in [0, 0.05) is 55.1 Å². The largest absolute Gasteiger partial charge is 0.444 e. The predicted molar refractivity (Wildman–Crippen MR) is 176 cm³/mol. The standard InChI is InChI=1S/C35H40F3N5O4/c1-7-25(19-31(39-6)35(36,37)38)32(44)41-27-10-8-23(2)28(20-27)26-18-30(42-14-16-46-17-15-42)29(40-21-26)11-9-24-12-13-43(22-24)33(45)47-34(3,4)5/h7-8,10,18-21,24H,6,12-17,22H2,1-5H3,(H,41,44)/b25-7+,31-19-. The average Bonchev–Trinajstić information content (AvgIpc) is 3.50. The Labute approximate surface area is 273 Å². The minimum Gasteiger partial charge on any atom is -0.444 e. The van der Waals surface area contributed by atoms with Crippen molar-refractivity contribution in [2.75, 3.05) is 49.6 Å². The number of aliphatic imine (C=N–C) groups is 1. The first-order valence-electron chi connectivity index (χ1n) is 15.3. The summed E-state index contributed by atoms with van der Waals surface area (Å²) in [7, 11) is 0. The molecule has 4 rings (SSSR count). The number of amides is 2. The van der Waals surface area contributed by atoms with Crippen LogP contribution in [0.4, 0.5) is 29.3 Å². The molecule has 2 fully saturated rings. The molecule has 12 heteroatoms. The summed E-state index contributed by atoms with van der Waals surface area (Å²) in [5.41, 5.74) is 2.28. The first-order chi connectivity index (χ1) is 22.2. The SMILES string of the molecule is C=N/C(=C\C(=C/C)C(=O)Nc1ccc(C)c(-c2cnc(C#CC3CCN(C(=O)OC(C)(C)C)C3)c(N3CCOCC3)c2)c1)C(F)(F)F. The topological polar surface area (TPSA) is 96.4 Å². The summed E-state index contributed by atoms with van der Waals surface area (Å²) in [6.07, 6.45) is -0.690. The molecule has 0 radical (unpaired) electrons. The minimum atomic E-state index is -4.74. The van der Waals surface area contributed by atoms with Gasteiger partial charge in [-0.25, -0.2) is 9.78 Å². The van der Waals surface area contributed by atoms with Crippen LogP contribution in [0.25, 0.3) is 11.1 Å². The van der Waals surface area contributed by atoms with E-state index >= 15 is 0 Å². The third-order valence-corrected chi connectivity index (χ3v) is 7.59. The van der Waals surface area contributed by atoms with Crippen LogP contribution < -0.4 is 10.2 Å². The number of morpholine rings is 1. The molecule has 9 nitrogen and oxygen atoms in total. The molecule has 1 aromatic heterocycles. The third kappa shape index (κ3) is 9.45. The summed E-state index contributed by atoms with van der Waals surface area (Å²) >= 11 is 0. The second-order valence-electron chi connectivity index (χ2n) is 12.3. The Morgan fingerprint density at radius 3 is 2.53 bits per heavy atom. The number of aromatic nitrogens is 1. The predicted octanol–water partition coefficient (Wildman–Crippen LogP) is 6.53. The third-order valence-electron chi connectivity index (χ3n) is 7.59.